The SMILES string of the molecule is CCc1c(C)[nH]c(C(C)(CC(=O)NC(Cc2ccccc2)C(=O)OC)C(F)(F)F)c1C. The predicted molar refractivity (Wildman–Crippen MR) is 112 cm³/mol. The Bertz CT molecular complexity index is 922. The number of carbonyl (C=O) groups is 2. The van der Waals surface area contributed by atoms with Gasteiger partial charge >= 0.3 is 12.1 Å². The van der Waals surface area contributed by atoms with E-state index in [0.29, 0.717) is 17.7 Å². The zero-order valence-corrected chi connectivity index (χ0v) is 18.4. The Balaban J connectivity index is 2.32. The molecule has 0 fully saturated rings. The molecule has 0 aliphatic rings. The molecule has 0 spiro atoms. The number of aryl methyl sites for hydroxylation is 1. The molecule has 0 saturated carbocycles. The van der Waals surface area contributed by atoms with Crippen LogP contribution in [0.1, 0.15) is 48.3 Å². The summed E-state index contributed by atoms with van der Waals surface area (Å²) in [5.41, 5.74) is 0.251. The van der Waals surface area contributed by atoms with Crippen molar-refractivity contribution in [1.29, 1.82) is 0 Å². The lowest BCUT2D eigenvalue weighted by atomic mass is 9.79. The minimum Gasteiger partial charge on any atom is -0.467 e. The van der Waals surface area contributed by atoms with E-state index >= 15 is 0 Å². The van der Waals surface area contributed by atoms with Gasteiger partial charge in [0.25, 0.3) is 0 Å². The number of aromatic amines is 1. The first kappa shape index (κ1) is 24.5. The highest BCUT2D eigenvalue weighted by Gasteiger charge is 2.55. The summed E-state index contributed by atoms with van der Waals surface area (Å²) in [5.74, 6) is -1.60. The molecular weight excluding hydrogens is 409 g/mol. The van der Waals surface area contributed by atoms with Crippen molar-refractivity contribution in [2.75, 3.05) is 7.11 Å². The monoisotopic (exact) mass is 438 g/mol. The van der Waals surface area contributed by atoms with Crippen molar-refractivity contribution in [3.05, 3.63) is 58.4 Å². The van der Waals surface area contributed by atoms with Crippen molar-refractivity contribution in [2.45, 2.75) is 64.6 Å². The quantitative estimate of drug-likeness (QED) is 0.604. The van der Waals surface area contributed by atoms with E-state index in [2.05, 4.69) is 10.3 Å². The number of esters is 1. The van der Waals surface area contributed by atoms with Gasteiger partial charge in [-0.1, -0.05) is 37.3 Å². The van der Waals surface area contributed by atoms with E-state index in [1.54, 1.807) is 44.2 Å². The third kappa shape index (κ3) is 5.29. The van der Waals surface area contributed by atoms with Crippen molar-refractivity contribution >= 4 is 11.9 Å². The van der Waals surface area contributed by atoms with Crippen LogP contribution in [0.25, 0.3) is 0 Å². The molecule has 0 saturated heterocycles. The lowest BCUT2D eigenvalue weighted by Gasteiger charge is -2.32. The van der Waals surface area contributed by atoms with Gasteiger partial charge in [-0.3, -0.25) is 4.79 Å². The molecule has 1 amide bonds. The largest absolute Gasteiger partial charge is 0.467 e. The predicted octanol–water partition coefficient (Wildman–Crippen LogP) is 4.30. The number of hydrogen-bond acceptors (Lipinski definition) is 3. The second-order valence-corrected chi connectivity index (χ2v) is 7.92. The summed E-state index contributed by atoms with van der Waals surface area (Å²) in [6.45, 7) is 6.23. The average molecular weight is 438 g/mol. The lowest BCUT2D eigenvalue weighted by molar-refractivity contribution is -0.190. The van der Waals surface area contributed by atoms with Crippen molar-refractivity contribution in [3.8, 4) is 0 Å². The molecule has 2 aromatic rings. The van der Waals surface area contributed by atoms with Gasteiger partial charge < -0.3 is 15.0 Å². The van der Waals surface area contributed by atoms with E-state index in [-0.39, 0.29) is 12.1 Å². The standard InChI is InChI=1S/C23H29F3N2O3/c1-6-17-14(2)20(27-15(17)3)22(4,23(24,25)26)13-19(29)28-18(21(30)31-5)12-16-10-8-7-9-11-16/h7-11,18,27H,6,12-13H2,1-5H3,(H,28,29). The van der Waals surface area contributed by atoms with Gasteiger partial charge in [-0.05, 0) is 43.9 Å². The van der Waals surface area contributed by atoms with Crippen molar-refractivity contribution in [1.82, 2.24) is 10.3 Å². The van der Waals surface area contributed by atoms with Gasteiger partial charge in [0.05, 0.1) is 7.11 Å². The van der Waals surface area contributed by atoms with E-state index in [1.807, 2.05) is 6.92 Å². The molecule has 2 N–H and O–H groups in total. The number of aromatic nitrogens is 1. The Kier molecular flexibility index (Phi) is 7.57. The van der Waals surface area contributed by atoms with Crippen molar-refractivity contribution in [2.24, 2.45) is 0 Å². The number of ether oxygens (including phenoxy) is 1. The van der Waals surface area contributed by atoms with Crippen LogP contribution in [0, 0.1) is 13.8 Å². The van der Waals surface area contributed by atoms with Gasteiger partial charge in [-0.25, -0.2) is 4.79 Å². The molecule has 1 aromatic carbocycles. The fourth-order valence-corrected chi connectivity index (χ4v) is 3.95. The second kappa shape index (κ2) is 9.58. The van der Waals surface area contributed by atoms with Crippen LogP contribution in [-0.2, 0) is 32.6 Å². The first-order valence-electron chi connectivity index (χ1n) is 10.1. The molecule has 2 rings (SSSR count). The number of amides is 1. The van der Waals surface area contributed by atoms with Crippen LogP contribution >= 0.6 is 0 Å². The summed E-state index contributed by atoms with van der Waals surface area (Å²) in [4.78, 5) is 27.8. The topological polar surface area (TPSA) is 71.2 Å². The third-order valence-corrected chi connectivity index (χ3v) is 5.74. The first-order chi connectivity index (χ1) is 14.4. The summed E-state index contributed by atoms with van der Waals surface area (Å²) in [5, 5.41) is 2.44. The smallest absolute Gasteiger partial charge is 0.400 e. The van der Waals surface area contributed by atoms with Gasteiger partial charge in [0, 0.05) is 24.2 Å². The van der Waals surface area contributed by atoms with E-state index in [9.17, 15) is 22.8 Å². The van der Waals surface area contributed by atoms with Crippen LogP contribution in [0.5, 0.6) is 0 Å². The molecule has 0 radical (unpaired) electrons. The maximum atomic E-state index is 14.2. The Morgan fingerprint density at radius 1 is 1.16 bits per heavy atom. The van der Waals surface area contributed by atoms with Crippen LogP contribution in [0.2, 0.25) is 0 Å². The van der Waals surface area contributed by atoms with Gasteiger partial charge in [0.1, 0.15) is 11.5 Å². The highest BCUT2D eigenvalue weighted by molar-refractivity contribution is 5.85. The molecule has 1 aromatic heterocycles. The van der Waals surface area contributed by atoms with E-state index in [1.165, 1.54) is 7.11 Å². The number of hydrogen-bond donors (Lipinski definition) is 2. The Hall–Kier alpha value is -2.77. The number of methoxy groups -OCH3 is 1. The van der Waals surface area contributed by atoms with Gasteiger partial charge in [0.2, 0.25) is 5.91 Å². The Labute approximate surface area is 180 Å². The molecular formula is C23H29F3N2O3. The van der Waals surface area contributed by atoms with Crippen molar-refractivity contribution < 1.29 is 27.5 Å². The summed E-state index contributed by atoms with van der Waals surface area (Å²) in [6, 6.07) is 7.78. The van der Waals surface area contributed by atoms with Crippen LogP contribution < -0.4 is 5.32 Å². The minimum atomic E-state index is -4.68. The number of H-pyrrole nitrogens is 1. The molecule has 0 aliphatic carbocycles. The molecule has 1 heterocycles. The first-order valence-corrected chi connectivity index (χ1v) is 10.1. The van der Waals surface area contributed by atoms with Crippen LogP contribution in [0.4, 0.5) is 13.2 Å². The highest BCUT2D eigenvalue weighted by atomic mass is 19.4. The molecule has 8 heteroatoms. The van der Waals surface area contributed by atoms with Crippen LogP contribution in [0.3, 0.4) is 0 Å². The number of nitrogens with one attached hydrogen (secondary N) is 2. The normalized spacial score (nSPS) is 14.6. The molecule has 0 aliphatic heterocycles. The molecule has 0 bridgehead atoms. The fourth-order valence-electron chi connectivity index (χ4n) is 3.95. The summed E-state index contributed by atoms with van der Waals surface area (Å²) < 4.78 is 47.3. The van der Waals surface area contributed by atoms with Gasteiger partial charge in [-0.2, -0.15) is 13.2 Å². The fraction of sp³-hybridized carbons (Fsp3) is 0.478. The van der Waals surface area contributed by atoms with E-state index in [4.69, 9.17) is 4.74 Å². The van der Waals surface area contributed by atoms with Crippen LogP contribution in [0.15, 0.2) is 30.3 Å². The Morgan fingerprint density at radius 3 is 2.26 bits per heavy atom. The molecule has 31 heavy (non-hydrogen) atoms. The molecule has 2 atom stereocenters. The van der Waals surface area contributed by atoms with Gasteiger partial charge in [0.15, 0.2) is 0 Å². The lowest BCUT2D eigenvalue weighted by Crippen LogP contribution is -2.49. The summed E-state index contributed by atoms with van der Waals surface area (Å²) in [7, 11) is 1.17. The maximum absolute atomic E-state index is 14.2. The number of benzene rings is 1. The molecule has 170 valence electrons. The Morgan fingerprint density at radius 2 is 1.77 bits per heavy atom. The second-order valence-electron chi connectivity index (χ2n) is 7.92. The van der Waals surface area contributed by atoms with E-state index in [0.717, 1.165) is 18.1 Å². The average Bonchev–Trinajstić information content (AvgIpc) is 3.00. The van der Waals surface area contributed by atoms with Crippen LogP contribution in [-0.4, -0.2) is 36.2 Å². The number of carbonyl (C=O) groups excluding carboxylic acids is 2. The zero-order valence-electron chi connectivity index (χ0n) is 18.4. The third-order valence-electron chi connectivity index (χ3n) is 5.74. The minimum absolute atomic E-state index is 0.0258. The molecule has 2 unspecified atom stereocenters. The number of rotatable bonds is 8. The van der Waals surface area contributed by atoms with E-state index < -0.39 is 35.9 Å². The molecule has 5 nitrogen and oxygen atoms in total. The summed E-state index contributed by atoms with van der Waals surface area (Å²) in [6.07, 6.45) is -4.85. The van der Waals surface area contributed by atoms with Gasteiger partial charge in [-0.15, -0.1) is 0 Å². The maximum Gasteiger partial charge on any atom is 0.400 e. The highest BCUT2D eigenvalue weighted by Crippen LogP contribution is 2.45. The number of halogens is 3. The summed E-state index contributed by atoms with van der Waals surface area (Å²) >= 11 is 0. The number of alkyl halides is 3. The van der Waals surface area contributed by atoms with Crippen molar-refractivity contribution in [3.63, 3.8) is 0 Å². The zero-order chi connectivity index (χ0) is 23.4.